The predicted octanol–water partition coefficient (Wildman–Crippen LogP) is -13.0. The van der Waals surface area contributed by atoms with Crippen LogP contribution in [0.5, 0.6) is 0 Å². The van der Waals surface area contributed by atoms with Crippen molar-refractivity contribution >= 4 is 58.0 Å². The Labute approximate surface area is 353 Å². The van der Waals surface area contributed by atoms with Crippen molar-refractivity contribution in [2.45, 2.75) is 9.79 Å². The summed E-state index contributed by atoms with van der Waals surface area (Å²) in [6, 6.07) is 8.22. The fraction of sp³-hybridized carbons (Fsp3) is 0.182. The first-order valence-corrected chi connectivity index (χ1v) is 16.9. The molecular formula is C22H18Na4O16S4. The van der Waals surface area contributed by atoms with E-state index < -0.39 is 92.5 Å². The molecule has 0 aromatic heterocycles. The van der Waals surface area contributed by atoms with Gasteiger partial charge in [-0.25, -0.2) is 43.3 Å². The monoisotopic (exact) mass is 758 g/mol. The topological polar surface area (TPSA) is 281 Å². The minimum atomic E-state index is -4.85. The Morgan fingerprint density at radius 2 is 0.848 bits per heavy atom. The van der Waals surface area contributed by atoms with Gasteiger partial charge in [0.05, 0.1) is 41.5 Å². The van der Waals surface area contributed by atoms with Gasteiger partial charge >= 0.3 is 130 Å². The molecule has 0 saturated heterocycles. The zero-order valence-corrected chi connectivity index (χ0v) is 36.0. The largest absolute Gasteiger partial charge is 1.00 e. The number of esters is 2. The number of carbonyl (C=O) groups is 2. The summed E-state index contributed by atoms with van der Waals surface area (Å²) in [6.45, 7) is -1.98. The Morgan fingerprint density at radius 1 is 0.543 bits per heavy atom. The second-order valence-corrected chi connectivity index (χ2v) is 13.7. The average molecular weight is 759 g/mol. The van der Waals surface area contributed by atoms with Crippen LogP contribution in [0, 0.1) is 0 Å². The number of benzene rings is 2. The van der Waals surface area contributed by atoms with Gasteiger partial charge in [0, 0.05) is 0 Å². The number of carbonyl (C=O) groups excluding carboxylic acids is 2. The van der Waals surface area contributed by atoms with Crippen LogP contribution in [-0.4, -0.2) is 88.5 Å². The van der Waals surface area contributed by atoms with Crippen LogP contribution < -0.4 is 118 Å². The van der Waals surface area contributed by atoms with E-state index in [4.69, 9.17) is 0 Å². The van der Waals surface area contributed by atoms with Gasteiger partial charge in [0.1, 0.15) is 39.0 Å². The molecule has 0 aliphatic rings. The van der Waals surface area contributed by atoms with Crippen LogP contribution in [0.3, 0.4) is 0 Å². The van der Waals surface area contributed by atoms with Gasteiger partial charge < -0.3 is 27.7 Å². The molecule has 0 aliphatic heterocycles. The quantitative estimate of drug-likeness (QED) is 0.0349. The normalized spacial score (nSPS) is 11.1. The van der Waals surface area contributed by atoms with E-state index in [1.807, 2.05) is 0 Å². The molecule has 46 heavy (non-hydrogen) atoms. The molecule has 24 heteroatoms. The van der Waals surface area contributed by atoms with E-state index in [1.54, 1.807) is 0 Å². The molecule has 0 heterocycles. The maximum Gasteiger partial charge on any atom is 1.00 e. The number of hydrogen-bond acceptors (Lipinski definition) is 16. The van der Waals surface area contributed by atoms with Crippen molar-refractivity contribution in [3.63, 3.8) is 0 Å². The zero-order chi connectivity index (χ0) is 31.9. The zero-order valence-electron chi connectivity index (χ0n) is 24.8. The van der Waals surface area contributed by atoms with Crippen LogP contribution in [0.25, 0.3) is 5.57 Å². The van der Waals surface area contributed by atoms with Crippen LogP contribution >= 0.6 is 0 Å². The SMILES string of the molecule is O=C(OCCS(=O)(=O)[O-])C(=CC=C(c1ccc(S(=O)(=O)[O-])cc1)c1ccc(S(=O)(=O)[O-])cc1)C(=O)OCCS(=O)(=O)[O-].[Na+].[Na+].[Na+].[Na+]. The van der Waals surface area contributed by atoms with Gasteiger partial charge in [-0.3, -0.25) is 0 Å². The molecule has 16 nitrogen and oxygen atoms in total. The molecule has 2 aromatic carbocycles. The molecule has 0 fully saturated rings. The number of allylic oxidation sites excluding steroid dienone is 2. The van der Waals surface area contributed by atoms with E-state index in [2.05, 4.69) is 9.47 Å². The molecule has 0 amide bonds. The first kappa shape index (κ1) is 50.9. The Bertz CT molecular complexity index is 1710. The van der Waals surface area contributed by atoms with Gasteiger partial charge in [0.2, 0.25) is 0 Å². The molecule has 0 unspecified atom stereocenters. The van der Waals surface area contributed by atoms with Crippen molar-refractivity contribution in [2.24, 2.45) is 0 Å². The van der Waals surface area contributed by atoms with E-state index >= 15 is 0 Å². The third kappa shape index (κ3) is 18.5. The Kier molecular flexibility index (Phi) is 24.0. The summed E-state index contributed by atoms with van der Waals surface area (Å²) in [6.07, 6.45) is 1.77. The summed E-state index contributed by atoms with van der Waals surface area (Å²) in [7, 11) is -19.4. The number of rotatable bonds is 13. The van der Waals surface area contributed by atoms with Crippen LogP contribution in [0.4, 0.5) is 0 Å². The summed E-state index contributed by atoms with van der Waals surface area (Å²) < 4.78 is 142. The molecule has 0 spiro atoms. The Morgan fingerprint density at radius 3 is 1.11 bits per heavy atom. The first-order valence-electron chi connectivity index (χ1n) is 10.9. The average Bonchev–Trinajstić information content (AvgIpc) is 2.84. The van der Waals surface area contributed by atoms with Gasteiger partial charge in [-0.15, -0.1) is 0 Å². The first-order chi connectivity index (χ1) is 19.2. The Hall–Kier alpha value is 0.500. The third-order valence-corrected chi connectivity index (χ3v) is 7.93. The van der Waals surface area contributed by atoms with Crippen LogP contribution in [0.1, 0.15) is 11.1 Å². The molecule has 0 radical (unpaired) electrons. The minimum absolute atomic E-state index is 0. The molecule has 0 aliphatic carbocycles. The second kappa shape index (κ2) is 21.7. The van der Waals surface area contributed by atoms with Gasteiger partial charge in [0.15, 0.2) is 0 Å². The summed E-state index contributed by atoms with van der Waals surface area (Å²) in [5.74, 6) is -5.41. The summed E-state index contributed by atoms with van der Waals surface area (Å²) >= 11 is 0. The molecule has 0 saturated carbocycles. The van der Waals surface area contributed by atoms with E-state index in [9.17, 15) is 61.5 Å². The van der Waals surface area contributed by atoms with E-state index in [-0.39, 0.29) is 135 Å². The summed E-state index contributed by atoms with van der Waals surface area (Å²) in [5.41, 5.74) is -0.738. The van der Waals surface area contributed by atoms with Crippen molar-refractivity contribution in [1.29, 1.82) is 0 Å². The Balaban J connectivity index is -0.00000462. The fourth-order valence-corrected chi connectivity index (χ4v) is 4.49. The van der Waals surface area contributed by atoms with Crippen LogP contribution in [-0.2, 0) is 59.5 Å². The van der Waals surface area contributed by atoms with Gasteiger partial charge in [-0.05, 0) is 47.0 Å². The van der Waals surface area contributed by atoms with Crippen molar-refractivity contribution in [1.82, 2.24) is 0 Å². The van der Waals surface area contributed by atoms with Gasteiger partial charge in [0.25, 0.3) is 0 Å². The van der Waals surface area contributed by atoms with E-state index in [0.717, 1.165) is 60.7 Å². The van der Waals surface area contributed by atoms with E-state index in [1.165, 1.54) is 0 Å². The molecule has 230 valence electrons. The second-order valence-electron chi connectivity index (χ2n) is 7.91. The summed E-state index contributed by atoms with van der Waals surface area (Å²) in [5, 5.41) is 0. The van der Waals surface area contributed by atoms with Crippen molar-refractivity contribution in [2.75, 3.05) is 24.7 Å². The standard InChI is InChI=1S/C22H22O16S4.4Na/c23-21(37-11-13-39(25,26)27)20(22(24)38-12-14-40(28,29)30)10-9-19(15-1-5-17(6-2-15)41(31,32)33)16-3-7-18(8-4-16)42(34,35)36;;;;/h1-10H,11-14H2,(H,25,26,27)(H,28,29,30)(H,31,32,33)(H,34,35,36);;;;/q;4*+1/p-4. The van der Waals surface area contributed by atoms with Gasteiger partial charge in [-0.2, -0.15) is 0 Å². The molecule has 0 atom stereocenters. The number of ether oxygens (including phenoxy) is 2. The molecule has 0 N–H and O–H groups in total. The minimum Gasteiger partial charge on any atom is -0.748 e. The van der Waals surface area contributed by atoms with Gasteiger partial charge in [-0.1, -0.05) is 30.3 Å². The molecule has 2 rings (SSSR count). The maximum absolute atomic E-state index is 12.5. The fourth-order valence-electron chi connectivity index (χ4n) is 2.98. The molecular weight excluding hydrogens is 740 g/mol. The van der Waals surface area contributed by atoms with Crippen molar-refractivity contribution in [3.05, 3.63) is 77.4 Å². The van der Waals surface area contributed by atoms with Crippen LogP contribution in [0.15, 0.2) is 76.0 Å². The summed E-state index contributed by atoms with van der Waals surface area (Å²) in [4.78, 5) is 23.8. The van der Waals surface area contributed by atoms with Crippen molar-refractivity contribution < 1.29 is 189 Å². The number of hydrogen-bond donors (Lipinski definition) is 0. The van der Waals surface area contributed by atoms with E-state index in [0.29, 0.717) is 0 Å². The maximum atomic E-state index is 12.5. The van der Waals surface area contributed by atoms with Crippen molar-refractivity contribution in [3.8, 4) is 0 Å². The smallest absolute Gasteiger partial charge is 0.748 e. The molecule has 0 bridgehead atoms. The predicted molar refractivity (Wildman–Crippen MR) is 135 cm³/mol. The third-order valence-electron chi connectivity index (χ3n) is 4.90. The van der Waals surface area contributed by atoms with Crippen LogP contribution in [0.2, 0.25) is 0 Å². The molecule has 2 aromatic rings.